The summed E-state index contributed by atoms with van der Waals surface area (Å²) in [7, 11) is 3.34. The smallest absolute Gasteiger partial charge is 0.188 e. The molecule has 1 rings (SSSR count). The van der Waals surface area contributed by atoms with Crippen molar-refractivity contribution >= 4 is 29.9 Å². The number of ether oxygens (including phenoxy) is 2. The lowest BCUT2D eigenvalue weighted by molar-refractivity contribution is 0.398. The van der Waals surface area contributed by atoms with Crippen LogP contribution in [-0.4, -0.2) is 32.3 Å². The van der Waals surface area contributed by atoms with Crippen LogP contribution in [-0.2, 0) is 6.42 Å². The Bertz CT molecular complexity index is 485. The van der Waals surface area contributed by atoms with Crippen molar-refractivity contribution in [1.82, 2.24) is 5.32 Å². The third-order valence-corrected chi connectivity index (χ3v) is 2.88. The highest BCUT2D eigenvalue weighted by Crippen LogP contribution is 2.24. The maximum atomic E-state index is 5.84. The number of hydrogen-bond acceptors (Lipinski definition) is 3. The number of nitrogens with zero attached hydrogens (tertiary/aromatic N) is 1. The minimum Gasteiger partial charge on any atom is -0.497 e. The summed E-state index contributed by atoms with van der Waals surface area (Å²) in [5, 5.41) is 3.14. The quantitative estimate of drug-likeness (QED) is 0.321. The van der Waals surface area contributed by atoms with E-state index in [-0.39, 0.29) is 29.5 Å². The number of nitrogens with one attached hydrogen (secondary N) is 1. The van der Waals surface area contributed by atoms with E-state index < -0.39 is 0 Å². The Hall–Kier alpha value is -1.18. The maximum Gasteiger partial charge on any atom is 0.188 e. The summed E-state index contributed by atoms with van der Waals surface area (Å²) in [6, 6.07) is 5.82. The van der Waals surface area contributed by atoms with E-state index in [0.717, 1.165) is 29.9 Å². The Labute approximate surface area is 150 Å². The third kappa shape index (κ3) is 7.72. The molecule has 0 amide bonds. The van der Waals surface area contributed by atoms with Gasteiger partial charge in [0.2, 0.25) is 0 Å². The molecule has 0 saturated carbocycles. The van der Waals surface area contributed by atoms with Crippen LogP contribution in [0.1, 0.15) is 32.8 Å². The molecule has 6 heteroatoms. The van der Waals surface area contributed by atoms with Crippen LogP contribution in [0.5, 0.6) is 11.5 Å². The topological polar surface area (TPSA) is 68.9 Å². The molecule has 0 heterocycles. The van der Waals surface area contributed by atoms with Crippen LogP contribution >= 0.6 is 24.0 Å². The van der Waals surface area contributed by atoms with Crippen LogP contribution in [0.3, 0.4) is 0 Å². The first-order chi connectivity index (χ1) is 9.85. The Morgan fingerprint density at radius 2 is 1.91 bits per heavy atom. The number of hydrogen-bond donors (Lipinski definition) is 2. The zero-order chi connectivity index (χ0) is 15.9. The molecule has 1 aromatic rings. The SMILES string of the molecule is COc1ccc(OC)c(CCCN=C(N)NC(C)(C)C)c1.I. The first-order valence-corrected chi connectivity index (χ1v) is 7.14. The summed E-state index contributed by atoms with van der Waals surface area (Å²) < 4.78 is 10.6. The van der Waals surface area contributed by atoms with Crippen molar-refractivity contribution < 1.29 is 9.47 Å². The van der Waals surface area contributed by atoms with Gasteiger partial charge in [-0.1, -0.05) is 0 Å². The Morgan fingerprint density at radius 3 is 2.45 bits per heavy atom. The highest BCUT2D eigenvalue weighted by atomic mass is 127. The Morgan fingerprint density at radius 1 is 1.23 bits per heavy atom. The van der Waals surface area contributed by atoms with Crippen LogP contribution in [0.2, 0.25) is 0 Å². The normalized spacial score (nSPS) is 11.6. The summed E-state index contributed by atoms with van der Waals surface area (Å²) in [6.07, 6.45) is 1.77. The van der Waals surface area contributed by atoms with Crippen LogP contribution < -0.4 is 20.5 Å². The van der Waals surface area contributed by atoms with Crippen molar-refractivity contribution in [2.24, 2.45) is 10.7 Å². The number of methoxy groups -OCH3 is 2. The largest absolute Gasteiger partial charge is 0.497 e. The van der Waals surface area contributed by atoms with Crippen molar-refractivity contribution in [1.29, 1.82) is 0 Å². The van der Waals surface area contributed by atoms with Gasteiger partial charge in [0, 0.05) is 12.1 Å². The summed E-state index contributed by atoms with van der Waals surface area (Å²) in [5.74, 6) is 2.20. The zero-order valence-corrected chi connectivity index (χ0v) is 16.4. The lowest BCUT2D eigenvalue weighted by Crippen LogP contribution is -2.45. The van der Waals surface area contributed by atoms with E-state index in [9.17, 15) is 0 Å². The molecule has 0 bridgehead atoms. The molecule has 0 fully saturated rings. The van der Waals surface area contributed by atoms with E-state index in [4.69, 9.17) is 15.2 Å². The Balaban J connectivity index is 0.00000441. The number of aryl methyl sites for hydroxylation is 1. The van der Waals surface area contributed by atoms with Gasteiger partial charge in [0.25, 0.3) is 0 Å². The summed E-state index contributed by atoms with van der Waals surface area (Å²) in [6.45, 7) is 6.83. The van der Waals surface area contributed by atoms with E-state index in [0.29, 0.717) is 12.5 Å². The summed E-state index contributed by atoms with van der Waals surface area (Å²) in [5.41, 5.74) is 6.89. The fourth-order valence-corrected chi connectivity index (χ4v) is 1.97. The zero-order valence-electron chi connectivity index (χ0n) is 14.1. The second-order valence-electron chi connectivity index (χ2n) is 5.92. The highest BCUT2D eigenvalue weighted by molar-refractivity contribution is 14.0. The van der Waals surface area contributed by atoms with Crippen molar-refractivity contribution in [2.45, 2.75) is 39.2 Å². The molecule has 0 aromatic heterocycles. The molecule has 0 spiro atoms. The van der Waals surface area contributed by atoms with E-state index in [1.807, 2.05) is 18.2 Å². The van der Waals surface area contributed by atoms with E-state index in [2.05, 4.69) is 31.1 Å². The van der Waals surface area contributed by atoms with Gasteiger partial charge in [-0.2, -0.15) is 0 Å². The lowest BCUT2D eigenvalue weighted by Gasteiger charge is -2.21. The van der Waals surface area contributed by atoms with E-state index in [1.165, 1.54) is 0 Å². The number of rotatable bonds is 6. The molecule has 3 N–H and O–H groups in total. The second-order valence-corrected chi connectivity index (χ2v) is 5.92. The van der Waals surface area contributed by atoms with Gasteiger partial charge in [0.15, 0.2) is 5.96 Å². The number of aliphatic imine (C=N–C) groups is 1. The first kappa shape index (κ1) is 20.8. The molecule has 5 nitrogen and oxygen atoms in total. The van der Waals surface area contributed by atoms with Crippen LogP contribution in [0.25, 0.3) is 0 Å². The molecule has 1 aromatic carbocycles. The molecule has 22 heavy (non-hydrogen) atoms. The first-order valence-electron chi connectivity index (χ1n) is 7.14. The number of nitrogens with two attached hydrogens (primary N) is 1. The molecular formula is C16H28IN3O2. The average Bonchev–Trinajstić information content (AvgIpc) is 2.41. The van der Waals surface area contributed by atoms with Gasteiger partial charge in [0.05, 0.1) is 14.2 Å². The summed E-state index contributed by atoms with van der Waals surface area (Å²) >= 11 is 0. The Kier molecular flexibility index (Phi) is 9.24. The van der Waals surface area contributed by atoms with Gasteiger partial charge in [-0.15, -0.1) is 24.0 Å². The van der Waals surface area contributed by atoms with E-state index in [1.54, 1.807) is 14.2 Å². The monoisotopic (exact) mass is 421 g/mol. The predicted molar refractivity (Wildman–Crippen MR) is 103 cm³/mol. The van der Waals surface area contributed by atoms with E-state index >= 15 is 0 Å². The van der Waals surface area contributed by atoms with Gasteiger partial charge in [-0.25, -0.2) is 0 Å². The van der Waals surface area contributed by atoms with Gasteiger partial charge in [0.1, 0.15) is 11.5 Å². The van der Waals surface area contributed by atoms with Crippen molar-refractivity contribution in [3.05, 3.63) is 23.8 Å². The average molecular weight is 421 g/mol. The van der Waals surface area contributed by atoms with Crippen LogP contribution in [0, 0.1) is 0 Å². The molecule has 126 valence electrons. The number of benzene rings is 1. The lowest BCUT2D eigenvalue weighted by atomic mass is 10.1. The molecule has 0 unspecified atom stereocenters. The predicted octanol–water partition coefficient (Wildman–Crippen LogP) is 2.96. The van der Waals surface area contributed by atoms with Crippen molar-refractivity contribution in [3.63, 3.8) is 0 Å². The molecule has 0 aliphatic heterocycles. The molecular weight excluding hydrogens is 393 g/mol. The second kappa shape index (κ2) is 9.76. The highest BCUT2D eigenvalue weighted by Gasteiger charge is 2.09. The molecule has 0 aliphatic rings. The van der Waals surface area contributed by atoms with Gasteiger partial charge >= 0.3 is 0 Å². The van der Waals surface area contributed by atoms with Crippen molar-refractivity contribution in [2.75, 3.05) is 20.8 Å². The van der Waals surface area contributed by atoms with Crippen LogP contribution in [0.4, 0.5) is 0 Å². The third-order valence-electron chi connectivity index (χ3n) is 2.88. The minimum atomic E-state index is -0.0659. The van der Waals surface area contributed by atoms with Crippen LogP contribution in [0.15, 0.2) is 23.2 Å². The number of guanidine groups is 1. The summed E-state index contributed by atoms with van der Waals surface area (Å²) in [4.78, 5) is 4.33. The fraction of sp³-hybridized carbons (Fsp3) is 0.562. The molecule has 0 atom stereocenters. The van der Waals surface area contributed by atoms with Gasteiger partial charge < -0.3 is 20.5 Å². The number of halogens is 1. The van der Waals surface area contributed by atoms with Gasteiger partial charge in [-0.05, 0) is 57.4 Å². The minimum absolute atomic E-state index is 0. The van der Waals surface area contributed by atoms with Gasteiger partial charge in [-0.3, -0.25) is 4.99 Å². The fourth-order valence-electron chi connectivity index (χ4n) is 1.97. The maximum absolute atomic E-state index is 5.84. The molecule has 0 saturated heterocycles. The van der Waals surface area contributed by atoms with Crippen molar-refractivity contribution in [3.8, 4) is 11.5 Å². The standard InChI is InChI=1S/C16H27N3O2.HI/c1-16(2,3)19-15(17)18-10-6-7-12-11-13(20-4)8-9-14(12)21-5;/h8-9,11H,6-7,10H2,1-5H3,(H3,17,18,19);1H. The molecule has 0 aliphatic carbocycles. The molecule has 0 radical (unpaired) electrons.